The minimum absolute atomic E-state index is 0.178. The second kappa shape index (κ2) is 25.9. The van der Waals surface area contributed by atoms with Gasteiger partial charge in [-0.1, -0.05) is 100 Å². The smallest absolute Gasteiger partial charge is 0.407 e. The van der Waals surface area contributed by atoms with Gasteiger partial charge in [0.2, 0.25) is 47.3 Å². The van der Waals surface area contributed by atoms with Gasteiger partial charge >= 0.3 is 12.2 Å². The van der Waals surface area contributed by atoms with Crippen LogP contribution >= 0.6 is 23.5 Å². The van der Waals surface area contributed by atoms with Crippen molar-refractivity contribution in [1.82, 2.24) is 51.5 Å². The van der Waals surface area contributed by atoms with E-state index in [-0.39, 0.29) is 35.7 Å². The predicted molar refractivity (Wildman–Crippen MR) is 323 cm³/mol. The zero-order valence-electron chi connectivity index (χ0n) is 49.9. The molecule has 4 fully saturated rings. The van der Waals surface area contributed by atoms with Crippen LogP contribution in [0.4, 0.5) is 9.59 Å². The number of aryl methyl sites for hydroxylation is 2. The summed E-state index contributed by atoms with van der Waals surface area (Å²) in [6.45, 7) is 11.0. The van der Waals surface area contributed by atoms with Crippen molar-refractivity contribution in [2.24, 2.45) is 22.7 Å². The molecule has 10 amide bonds. The molecule has 86 heavy (non-hydrogen) atoms. The predicted octanol–water partition coefficient (Wildman–Crippen LogP) is 4.91. The van der Waals surface area contributed by atoms with Gasteiger partial charge in [-0.25, -0.2) is 9.59 Å². The SMILES string of the molecule is CC(C(=O)N[C@H]1CCS[C@H]2CC(C)(C)[C@@H](C(=O)N[C@H]3c4ccccc4CC[C@H]3C(=O)NCc3ccc(CNC(=O)[C@@H]4CCc5ccccc5[C@@H]4NC(=O)[C@H]4N5C(=O)[C@@H](NC(=O)C(C)N(C)C(=O)O)CCS[C@H]5CC4(C)C)cc3)N2C1=O)N(C)C(=O)O. The van der Waals surface area contributed by atoms with Crippen molar-refractivity contribution < 1.29 is 58.2 Å². The van der Waals surface area contributed by atoms with E-state index in [9.17, 15) is 58.2 Å². The van der Waals surface area contributed by atoms with E-state index in [0.717, 1.165) is 43.2 Å². The van der Waals surface area contributed by atoms with Gasteiger partial charge in [-0.15, -0.1) is 23.5 Å². The van der Waals surface area contributed by atoms with Crippen LogP contribution in [0.15, 0.2) is 72.8 Å². The number of hydrogen-bond donors (Lipinski definition) is 8. The summed E-state index contributed by atoms with van der Waals surface area (Å²) in [5.74, 6) is -3.68. The molecule has 0 spiro atoms. The van der Waals surface area contributed by atoms with Crippen LogP contribution in [0.3, 0.4) is 0 Å². The fourth-order valence-corrected chi connectivity index (χ4v) is 16.4. The molecule has 0 saturated carbocycles. The number of nitrogens with one attached hydrogen (secondary N) is 6. The summed E-state index contributed by atoms with van der Waals surface area (Å²) in [5, 5.41) is 36.5. The molecule has 0 bridgehead atoms. The Morgan fingerprint density at radius 3 is 1.27 bits per heavy atom. The average Bonchev–Trinajstić information content (AvgIpc) is 1.66. The van der Waals surface area contributed by atoms with Gasteiger partial charge in [0.05, 0.1) is 34.7 Å². The fraction of sp³-hybridized carbons (Fsp3) is 0.548. The van der Waals surface area contributed by atoms with Gasteiger partial charge in [0, 0.05) is 27.2 Å². The second-order valence-electron chi connectivity index (χ2n) is 25.1. The third-order valence-electron chi connectivity index (χ3n) is 18.5. The van der Waals surface area contributed by atoms with Gasteiger partial charge in [-0.3, -0.25) is 48.2 Å². The zero-order chi connectivity index (χ0) is 62.1. The summed E-state index contributed by atoms with van der Waals surface area (Å²) in [6.07, 6.45) is 1.17. The maximum Gasteiger partial charge on any atom is 0.407 e. The Balaban J connectivity index is 0.836. The summed E-state index contributed by atoms with van der Waals surface area (Å²) in [7, 11) is 2.56. The standard InChI is InChI=1S/C62H80N10O12S2/c1-33(69(7)59(81)82)51(73)65-43-25-27-85-45-29-61(3,4)49(71(45)57(43)79)55(77)67-47-39-15-11-9-13-37(39)21-23-41(47)53(75)63-31-35-17-19-36(20-18-35)32-64-54(76)42-24-22-38-14-10-12-16-40(38)48(42)68-56(78)50-62(5,6)30-46-72(50)58(80)44(26-28-86-46)66-52(74)34(2)70(8)60(83)84/h9-20,33-34,41-50H,21-32H2,1-8H3,(H,63,75)(H,64,76)(H,65,73)(H,66,74)(H,67,77)(H,68,78)(H,81,82)(H,83,84)/t33?,34?,41-,42-,43+,44+,45+,46+,47+,48+,49-,50-/m1/s1. The van der Waals surface area contributed by atoms with Crippen molar-refractivity contribution in [3.8, 4) is 0 Å². The third-order valence-corrected chi connectivity index (χ3v) is 21.0. The molecule has 8 N–H and O–H groups in total. The quantitative estimate of drug-likeness (QED) is 0.0947. The van der Waals surface area contributed by atoms with E-state index in [1.807, 2.05) is 100 Å². The number of thioether (sulfide) groups is 2. The van der Waals surface area contributed by atoms with Crippen LogP contribution in [0.5, 0.6) is 0 Å². The summed E-state index contributed by atoms with van der Waals surface area (Å²) >= 11 is 3.08. The Hall–Kier alpha value is -7.34. The van der Waals surface area contributed by atoms with Crippen LogP contribution in [0.1, 0.15) is 126 Å². The molecular weight excluding hydrogens is 1140 g/mol. The molecule has 0 radical (unpaired) electrons. The van der Waals surface area contributed by atoms with Crippen LogP contribution in [0.25, 0.3) is 0 Å². The monoisotopic (exact) mass is 1220 g/mol. The number of carbonyl (C=O) groups is 10. The normalized spacial score (nSPS) is 26.9. The van der Waals surface area contributed by atoms with E-state index < -0.39 is 119 Å². The van der Waals surface area contributed by atoms with Crippen LogP contribution in [0.2, 0.25) is 0 Å². The Labute approximate surface area is 509 Å². The number of nitrogens with zero attached hydrogens (tertiary/aromatic N) is 4. The molecule has 4 saturated heterocycles. The van der Waals surface area contributed by atoms with Crippen molar-refractivity contribution >= 4 is 83.0 Å². The van der Waals surface area contributed by atoms with Gasteiger partial charge in [0.1, 0.15) is 36.3 Å². The number of fused-ring (bicyclic) bond motifs is 4. The molecule has 3 aromatic rings. The van der Waals surface area contributed by atoms with Crippen LogP contribution in [-0.4, -0.2) is 162 Å². The highest BCUT2D eigenvalue weighted by molar-refractivity contribution is 8.00. The molecule has 4 aliphatic heterocycles. The lowest BCUT2D eigenvalue weighted by atomic mass is 9.78. The Morgan fingerprint density at radius 2 is 0.907 bits per heavy atom. The lowest BCUT2D eigenvalue weighted by molar-refractivity contribution is -0.144. The van der Waals surface area contributed by atoms with Crippen LogP contribution < -0.4 is 31.9 Å². The Kier molecular flexibility index (Phi) is 19.0. The number of likely N-dealkylation sites (N-methyl/N-ethyl adjacent to an activating group) is 2. The molecule has 0 aromatic heterocycles. The largest absolute Gasteiger partial charge is 0.465 e. The first-order valence-electron chi connectivity index (χ1n) is 29.6. The molecule has 9 rings (SSSR count). The molecule has 22 nitrogen and oxygen atoms in total. The van der Waals surface area contributed by atoms with Crippen molar-refractivity contribution in [3.63, 3.8) is 0 Å². The van der Waals surface area contributed by atoms with Crippen LogP contribution in [-0.2, 0) is 64.3 Å². The molecular formula is C62H80N10O12S2. The molecule has 2 unspecified atom stereocenters. The highest BCUT2D eigenvalue weighted by Gasteiger charge is 2.57. The first kappa shape index (κ1) is 63.2. The lowest BCUT2D eigenvalue weighted by Gasteiger charge is -2.38. The maximum atomic E-state index is 14.9. The summed E-state index contributed by atoms with van der Waals surface area (Å²) < 4.78 is 0. The molecule has 2 aliphatic carbocycles. The second-order valence-corrected chi connectivity index (χ2v) is 27.7. The molecule has 24 heteroatoms. The Morgan fingerprint density at radius 1 is 0.547 bits per heavy atom. The van der Waals surface area contributed by atoms with Gasteiger partial charge in [0.15, 0.2) is 0 Å². The number of rotatable bonds is 16. The number of amides is 10. The molecule has 6 aliphatic rings. The molecule has 4 heterocycles. The van der Waals surface area contributed by atoms with Gasteiger partial charge in [0.25, 0.3) is 0 Å². The summed E-state index contributed by atoms with van der Waals surface area (Å²) in [4.78, 5) is 142. The van der Waals surface area contributed by atoms with Gasteiger partial charge < -0.3 is 51.9 Å². The molecule has 462 valence electrons. The molecule has 12 atom stereocenters. The zero-order valence-corrected chi connectivity index (χ0v) is 51.6. The number of carbonyl (C=O) groups excluding carboxylic acids is 8. The van der Waals surface area contributed by atoms with Crippen LogP contribution in [0, 0.1) is 22.7 Å². The van der Waals surface area contributed by atoms with E-state index in [1.54, 1.807) is 33.3 Å². The third kappa shape index (κ3) is 13.2. The van der Waals surface area contributed by atoms with E-state index in [1.165, 1.54) is 27.9 Å². The van der Waals surface area contributed by atoms with Crippen molar-refractivity contribution in [2.45, 2.75) is 165 Å². The van der Waals surface area contributed by atoms with Crippen molar-refractivity contribution in [1.29, 1.82) is 0 Å². The first-order chi connectivity index (χ1) is 40.8. The lowest BCUT2D eigenvalue weighted by Crippen LogP contribution is -2.59. The first-order valence-corrected chi connectivity index (χ1v) is 31.7. The summed E-state index contributed by atoms with van der Waals surface area (Å²) in [6, 6.07) is 15.5. The van der Waals surface area contributed by atoms with Gasteiger partial charge in [-0.2, -0.15) is 0 Å². The molecule has 3 aromatic carbocycles. The maximum absolute atomic E-state index is 14.9. The van der Waals surface area contributed by atoms with Crippen molar-refractivity contribution in [2.75, 3.05) is 25.6 Å². The fourth-order valence-electron chi connectivity index (χ4n) is 13.3. The minimum Gasteiger partial charge on any atom is -0.465 e. The summed E-state index contributed by atoms with van der Waals surface area (Å²) in [5.41, 5.74) is 3.86. The van der Waals surface area contributed by atoms with E-state index >= 15 is 0 Å². The van der Waals surface area contributed by atoms with Crippen molar-refractivity contribution in [3.05, 3.63) is 106 Å². The van der Waals surface area contributed by atoms with E-state index in [2.05, 4.69) is 31.9 Å². The number of hydrogen-bond acceptors (Lipinski definition) is 12. The highest BCUT2D eigenvalue weighted by Crippen LogP contribution is 2.49. The van der Waals surface area contributed by atoms with E-state index in [0.29, 0.717) is 62.9 Å². The van der Waals surface area contributed by atoms with E-state index in [4.69, 9.17) is 0 Å². The minimum atomic E-state index is -1.29. The number of benzene rings is 3. The number of carboxylic acid groups (broad SMARTS) is 2. The average molecular weight is 1220 g/mol. The highest BCUT2D eigenvalue weighted by atomic mass is 32.2. The topological polar surface area (TPSA) is 296 Å². The van der Waals surface area contributed by atoms with Gasteiger partial charge in [-0.05, 0) is 121 Å². The Bertz CT molecular complexity index is 2940.